The lowest BCUT2D eigenvalue weighted by Crippen LogP contribution is -2.50. The zero-order valence-corrected chi connectivity index (χ0v) is 18.5. The van der Waals surface area contributed by atoms with Crippen LogP contribution in [0.5, 0.6) is 0 Å². The number of para-hydroxylation sites is 1. The fourth-order valence-corrected chi connectivity index (χ4v) is 3.98. The van der Waals surface area contributed by atoms with Crippen molar-refractivity contribution in [3.05, 3.63) is 93.3 Å². The molecule has 1 fully saturated rings. The molecule has 1 aliphatic heterocycles. The number of nitrogens with one attached hydrogen (secondary N) is 1. The number of rotatable bonds is 4. The average Bonchev–Trinajstić information content (AvgIpc) is 3.30. The van der Waals surface area contributed by atoms with Crippen molar-refractivity contribution >= 4 is 11.7 Å². The molecule has 11 nitrogen and oxygen atoms in total. The minimum absolute atomic E-state index is 0.0725. The zero-order valence-electron chi connectivity index (χ0n) is 18.5. The Hall–Kier alpha value is -4.54. The number of H-pyrrole nitrogens is 1. The monoisotopic (exact) mass is 458 g/mol. The third-order valence-electron chi connectivity index (χ3n) is 5.82. The molecule has 34 heavy (non-hydrogen) atoms. The zero-order chi connectivity index (χ0) is 23.7. The van der Waals surface area contributed by atoms with Gasteiger partial charge in [0, 0.05) is 44.8 Å². The normalized spacial score (nSPS) is 13.8. The second-order valence-electron chi connectivity index (χ2n) is 7.86. The summed E-state index contributed by atoms with van der Waals surface area (Å²) in [6.45, 7) is 3.79. The first kappa shape index (κ1) is 21.3. The van der Waals surface area contributed by atoms with Crippen LogP contribution in [-0.4, -0.2) is 66.3 Å². The minimum Gasteiger partial charge on any atom is -0.352 e. The maximum absolute atomic E-state index is 13.1. The van der Waals surface area contributed by atoms with Gasteiger partial charge in [0.05, 0.1) is 5.69 Å². The van der Waals surface area contributed by atoms with Crippen molar-refractivity contribution < 1.29 is 4.79 Å². The maximum Gasteiger partial charge on any atom is 0.333 e. The SMILES string of the molecule is Cc1nccn1-c1ccc(N2CCN(C(=O)c3c[nH]c(=O)n(-c4ccccc4)c3=O)CC2)nn1. The Balaban J connectivity index is 1.30. The van der Waals surface area contributed by atoms with Crippen LogP contribution in [0.4, 0.5) is 5.82 Å². The van der Waals surface area contributed by atoms with Crippen LogP contribution in [0.3, 0.4) is 0 Å². The van der Waals surface area contributed by atoms with Gasteiger partial charge in [0.15, 0.2) is 11.6 Å². The second kappa shape index (κ2) is 8.77. The smallest absolute Gasteiger partial charge is 0.333 e. The van der Waals surface area contributed by atoms with Crippen LogP contribution in [-0.2, 0) is 0 Å². The summed E-state index contributed by atoms with van der Waals surface area (Å²) in [6, 6.07) is 12.3. The molecule has 4 aromatic rings. The van der Waals surface area contributed by atoms with E-state index in [1.165, 1.54) is 6.20 Å². The number of aryl methyl sites for hydroxylation is 1. The predicted molar refractivity (Wildman–Crippen MR) is 125 cm³/mol. The molecule has 5 rings (SSSR count). The van der Waals surface area contributed by atoms with E-state index in [4.69, 9.17) is 0 Å². The Labute approximate surface area is 193 Å². The van der Waals surface area contributed by atoms with Crippen LogP contribution in [0.25, 0.3) is 11.5 Å². The number of hydrogen-bond acceptors (Lipinski definition) is 7. The van der Waals surface area contributed by atoms with E-state index in [9.17, 15) is 14.4 Å². The molecule has 3 aromatic heterocycles. The summed E-state index contributed by atoms with van der Waals surface area (Å²) < 4.78 is 2.82. The summed E-state index contributed by atoms with van der Waals surface area (Å²) in [4.78, 5) is 48.7. The van der Waals surface area contributed by atoms with Gasteiger partial charge in [-0.15, -0.1) is 10.2 Å². The van der Waals surface area contributed by atoms with Crippen molar-refractivity contribution in [1.29, 1.82) is 0 Å². The summed E-state index contributed by atoms with van der Waals surface area (Å²) in [5.41, 5.74) is -0.901. The number of carbonyl (C=O) groups excluding carboxylic acids is 1. The molecule has 1 aliphatic rings. The van der Waals surface area contributed by atoms with Crippen molar-refractivity contribution in [3.8, 4) is 11.5 Å². The quantitative estimate of drug-likeness (QED) is 0.479. The number of aromatic nitrogens is 6. The van der Waals surface area contributed by atoms with Gasteiger partial charge in [-0.3, -0.25) is 14.2 Å². The van der Waals surface area contributed by atoms with Gasteiger partial charge in [0.1, 0.15) is 11.4 Å². The predicted octanol–water partition coefficient (Wildman–Crippen LogP) is 0.772. The number of hydrogen-bond donors (Lipinski definition) is 1. The minimum atomic E-state index is -0.640. The Kier molecular flexibility index (Phi) is 5.50. The van der Waals surface area contributed by atoms with E-state index in [0.29, 0.717) is 43.5 Å². The van der Waals surface area contributed by atoms with Crippen molar-refractivity contribution in [2.75, 3.05) is 31.1 Å². The van der Waals surface area contributed by atoms with E-state index < -0.39 is 17.2 Å². The van der Waals surface area contributed by atoms with E-state index in [2.05, 4.69) is 20.2 Å². The van der Waals surface area contributed by atoms with Crippen LogP contribution >= 0.6 is 0 Å². The molecule has 11 heteroatoms. The first-order valence-electron chi connectivity index (χ1n) is 10.8. The first-order valence-corrected chi connectivity index (χ1v) is 10.8. The maximum atomic E-state index is 13.1. The summed E-state index contributed by atoms with van der Waals surface area (Å²) in [6.07, 6.45) is 4.73. The van der Waals surface area contributed by atoms with Crippen molar-refractivity contribution in [2.45, 2.75) is 6.92 Å². The Morgan fingerprint density at radius 1 is 0.941 bits per heavy atom. The average molecular weight is 458 g/mol. The highest BCUT2D eigenvalue weighted by Crippen LogP contribution is 2.16. The van der Waals surface area contributed by atoms with Gasteiger partial charge in [-0.25, -0.2) is 14.3 Å². The van der Waals surface area contributed by atoms with Gasteiger partial charge in [-0.05, 0) is 31.2 Å². The molecule has 0 saturated carbocycles. The molecule has 0 atom stereocenters. The van der Waals surface area contributed by atoms with Gasteiger partial charge >= 0.3 is 5.69 Å². The van der Waals surface area contributed by atoms with E-state index in [1.807, 2.05) is 34.7 Å². The van der Waals surface area contributed by atoms with Gasteiger partial charge in [-0.1, -0.05) is 18.2 Å². The van der Waals surface area contributed by atoms with Crippen LogP contribution in [0.2, 0.25) is 0 Å². The molecule has 0 radical (unpaired) electrons. The van der Waals surface area contributed by atoms with Gasteiger partial charge in [0.2, 0.25) is 0 Å². The van der Waals surface area contributed by atoms with E-state index >= 15 is 0 Å². The lowest BCUT2D eigenvalue weighted by atomic mass is 10.2. The lowest BCUT2D eigenvalue weighted by Gasteiger charge is -2.35. The van der Waals surface area contributed by atoms with E-state index in [0.717, 1.165) is 10.4 Å². The topological polar surface area (TPSA) is 122 Å². The standard InChI is InChI=1S/C23H22N8O3/c1-16-24-9-10-30(16)20-8-7-19(26-27-20)28-11-13-29(14-12-28)21(32)18-15-25-23(34)31(22(18)33)17-5-3-2-4-6-17/h2-10,15H,11-14H2,1H3,(H,25,34). The van der Waals surface area contributed by atoms with Gasteiger partial charge in [0.25, 0.3) is 11.5 Å². The molecule has 0 aliphatic carbocycles. The summed E-state index contributed by atoms with van der Waals surface area (Å²) in [7, 11) is 0. The summed E-state index contributed by atoms with van der Waals surface area (Å²) in [5, 5.41) is 8.62. The molecule has 4 heterocycles. The largest absolute Gasteiger partial charge is 0.352 e. The highest BCUT2D eigenvalue weighted by Gasteiger charge is 2.26. The van der Waals surface area contributed by atoms with Crippen molar-refractivity contribution in [2.24, 2.45) is 0 Å². The number of imidazole rings is 1. The highest BCUT2D eigenvalue weighted by atomic mass is 16.2. The first-order chi connectivity index (χ1) is 16.5. The molecular weight excluding hydrogens is 436 g/mol. The number of aromatic amines is 1. The van der Waals surface area contributed by atoms with Crippen molar-refractivity contribution in [3.63, 3.8) is 0 Å². The van der Waals surface area contributed by atoms with Crippen LogP contribution in [0.15, 0.2) is 70.6 Å². The third-order valence-corrected chi connectivity index (χ3v) is 5.82. The second-order valence-corrected chi connectivity index (χ2v) is 7.86. The fraction of sp³-hybridized carbons (Fsp3) is 0.217. The molecule has 172 valence electrons. The molecule has 0 bridgehead atoms. The third kappa shape index (κ3) is 3.87. The fourth-order valence-electron chi connectivity index (χ4n) is 3.98. The van der Waals surface area contributed by atoms with Crippen LogP contribution < -0.4 is 16.1 Å². The number of carbonyl (C=O) groups is 1. The van der Waals surface area contributed by atoms with Gasteiger partial charge in [-0.2, -0.15) is 0 Å². The number of benzene rings is 1. The Morgan fingerprint density at radius 2 is 1.65 bits per heavy atom. The highest BCUT2D eigenvalue weighted by molar-refractivity contribution is 5.93. The van der Waals surface area contributed by atoms with Crippen LogP contribution in [0, 0.1) is 6.92 Å². The number of anilines is 1. The number of piperazine rings is 1. The molecule has 1 amide bonds. The Bertz CT molecular complexity index is 1430. The molecular formula is C23H22N8O3. The molecule has 1 saturated heterocycles. The summed E-state index contributed by atoms with van der Waals surface area (Å²) >= 11 is 0. The molecule has 1 N–H and O–H groups in total. The van der Waals surface area contributed by atoms with Gasteiger partial charge < -0.3 is 14.8 Å². The van der Waals surface area contributed by atoms with Crippen molar-refractivity contribution in [1.82, 2.24) is 34.2 Å². The molecule has 0 spiro atoms. The summed E-state index contributed by atoms with van der Waals surface area (Å²) in [5.74, 6) is 1.80. The van der Waals surface area contributed by atoms with Crippen LogP contribution in [0.1, 0.15) is 16.2 Å². The molecule has 0 unspecified atom stereocenters. The number of amides is 1. The van der Waals surface area contributed by atoms with E-state index in [1.54, 1.807) is 41.4 Å². The van der Waals surface area contributed by atoms with E-state index in [-0.39, 0.29) is 5.56 Å². The molecule has 1 aromatic carbocycles. The number of nitrogens with zero attached hydrogens (tertiary/aromatic N) is 7. The Morgan fingerprint density at radius 3 is 2.29 bits per heavy atom. The lowest BCUT2D eigenvalue weighted by molar-refractivity contribution is 0.0743.